The molecule has 0 radical (unpaired) electrons. The summed E-state index contributed by atoms with van der Waals surface area (Å²) < 4.78 is 6.51. The van der Waals surface area contributed by atoms with Crippen molar-refractivity contribution in [3.63, 3.8) is 0 Å². The third-order valence-electron chi connectivity index (χ3n) is 4.17. The third-order valence-corrected chi connectivity index (χ3v) is 5.09. The molecule has 0 atom stereocenters. The van der Waals surface area contributed by atoms with Crippen LogP contribution in [0.3, 0.4) is 0 Å². The topological polar surface area (TPSA) is 33.5 Å². The largest absolute Gasteiger partial charge is 0.459 e. The van der Waals surface area contributed by atoms with Gasteiger partial charge in [-0.1, -0.05) is 36.0 Å². The van der Waals surface area contributed by atoms with Crippen LogP contribution in [0.1, 0.15) is 18.6 Å². The van der Waals surface area contributed by atoms with Crippen molar-refractivity contribution in [1.29, 1.82) is 0 Å². The van der Waals surface area contributed by atoms with Gasteiger partial charge in [0.2, 0.25) is 5.43 Å². The molecule has 1 aromatic carbocycles. The highest BCUT2D eigenvalue weighted by atomic mass is 35.5. The molecule has 0 saturated carbocycles. The summed E-state index contributed by atoms with van der Waals surface area (Å²) in [4.78, 5) is 14.4. The summed E-state index contributed by atoms with van der Waals surface area (Å²) in [7, 11) is 0. The molecule has 1 aromatic heterocycles. The van der Waals surface area contributed by atoms with E-state index in [1.54, 1.807) is 12.1 Å². The van der Waals surface area contributed by atoms with Crippen molar-refractivity contribution in [2.24, 2.45) is 5.92 Å². The number of benzene rings is 1. The maximum absolute atomic E-state index is 12.3. The quantitative estimate of drug-likeness (QED) is 0.655. The Hall–Kier alpha value is -1.04. The Bertz CT molecular complexity index is 766. The Labute approximate surface area is 144 Å². The van der Waals surface area contributed by atoms with Gasteiger partial charge in [-0.3, -0.25) is 4.79 Å². The molecule has 0 amide bonds. The van der Waals surface area contributed by atoms with Crippen molar-refractivity contribution in [3.8, 4) is 0 Å². The Kier molecular flexibility index (Phi) is 4.76. The molecule has 0 unspecified atom stereocenters. The molecule has 2 heterocycles. The van der Waals surface area contributed by atoms with E-state index < -0.39 is 0 Å². The zero-order chi connectivity index (χ0) is 15.7. The zero-order valence-corrected chi connectivity index (χ0v) is 14.4. The second-order valence-corrected chi connectivity index (χ2v) is 7.07. The first-order chi connectivity index (χ1) is 10.6. The normalized spacial score (nSPS) is 16.2. The van der Waals surface area contributed by atoms with E-state index in [-0.39, 0.29) is 10.5 Å². The van der Waals surface area contributed by atoms with Crippen molar-refractivity contribution in [2.75, 3.05) is 13.1 Å². The maximum atomic E-state index is 12.3. The number of para-hydroxylation sites is 1. The number of nitrogens with zero attached hydrogens (tertiary/aromatic N) is 1. The van der Waals surface area contributed by atoms with E-state index in [1.165, 1.54) is 0 Å². The van der Waals surface area contributed by atoms with Crippen LogP contribution < -0.4 is 5.43 Å². The summed E-state index contributed by atoms with van der Waals surface area (Å²) in [5.41, 5.74) is 0.452. The minimum Gasteiger partial charge on any atom is -0.459 e. The van der Waals surface area contributed by atoms with Gasteiger partial charge in [0, 0.05) is 19.5 Å². The molecule has 2 aromatic rings. The summed E-state index contributed by atoms with van der Waals surface area (Å²) in [5.74, 6) is 1.04. The maximum Gasteiger partial charge on any atom is 0.211 e. The average Bonchev–Trinajstić information content (AvgIpc) is 2.53. The number of halogens is 1. The van der Waals surface area contributed by atoms with Crippen molar-refractivity contribution < 1.29 is 4.42 Å². The highest BCUT2D eigenvalue weighted by Crippen LogP contribution is 2.27. The molecule has 1 saturated heterocycles. The van der Waals surface area contributed by atoms with Gasteiger partial charge in [-0.15, -0.1) is 12.6 Å². The van der Waals surface area contributed by atoms with Crippen LogP contribution in [0.4, 0.5) is 0 Å². The highest BCUT2D eigenvalue weighted by Gasteiger charge is 2.23. The molecule has 0 aliphatic carbocycles. The first-order valence-electron chi connectivity index (χ1n) is 7.24. The summed E-state index contributed by atoms with van der Waals surface area (Å²) in [6.07, 6.45) is 2.67. The number of piperidine rings is 1. The molecule has 1 aliphatic heterocycles. The lowest BCUT2D eigenvalue weighted by molar-refractivity contribution is 0.263. The lowest BCUT2D eigenvalue weighted by Crippen LogP contribution is -2.35. The minimum atomic E-state index is -0.146. The van der Waals surface area contributed by atoms with Gasteiger partial charge in [0.15, 0.2) is 0 Å². The Morgan fingerprint density at radius 1 is 1.36 bits per heavy atom. The third kappa shape index (κ3) is 3.16. The van der Waals surface area contributed by atoms with Gasteiger partial charge in [0.1, 0.15) is 20.7 Å². The van der Waals surface area contributed by atoms with Crippen LogP contribution in [0, 0.1) is 5.92 Å². The van der Waals surface area contributed by atoms with Crippen molar-refractivity contribution >= 4 is 51.7 Å². The first kappa shape index (κ1) is 15.8. The second-order valence-electron chi connectivity index (χ2n) is 5.58. The number of hydrogen-bond donors (Lipinski definition) is 1. The molecular formula is C16H16ClNO2S2. The number of thiol groups is 1. The van der Waals surface area contributed by atoms with Crippen molar-refractivity contribution in [3.05, 3.63) is 45.3 Å². The molecule has 0 spiro atoms. The monoisotopic (exact) mass is 353 g/mol. The lowest BCUT2D eigenvalue weighted by Gasteiger charge is -2.32. The van der Waals surface area contributed by atoms with Gasteiger partial charge in [0.25, 0.3) is 0 Å². The van der Waals surface area contributed by atoms with E-state index in [2.05, 4.69) is 17.5 Å². The van der Waals surface area contributed by atoms with E-state index in [0.717, 1.165) is 25.9 Å². The molecule has 0 bridgehead atoms. The first-order valence-corrected chi connectivity index (χ1v) is 8.47. The standard InChI is InChI=1S/C16H16ClNO2S2/c17-14-13(9-10-5-7-18(8-6-10)16(21)22)20-12-4-2-1-3-11(12)15(14)19/h1-4,10H,5-9H2,(H,21,22). The molecular weight excluding hydrogens is 338 g/mol. The highest BCUT2D eigenvalue weighted by molar-refractivity contribution is 8.10. The van der Waals surface area contributed by atoms with Crippen molar-refractivity contribution in [2.45, 2.75) is 19.3 Å². The number of thiocarbonyl (C=S) groups is 1. The van der Waals surface area contributed by atoms with Gasteiger partial charge >= 0.3 is 0 Å². The molecule has 3 nitrogen and oxygen atoms in total. The summed E-state index contributed by atoms with van der Waals surface area (Å²) in [6, 6.07) is 7.21. The fourth-order valence-electron chi connectivity index (χ4n) is 2.89. The van der Waals surface area contributed by atoms with Crippen LogP contribution in [0.15, 0.2) is 33.5 Å². The zero-order valence-electron chi connectivity index (χ0n) is 11.9. The van der Waals surface area contributed by atoms with Gasteiger partial charge in [0.05, 0.1) is 5.39 Å². The summed E-state index contributed by atoms with van der Waals surface area (Å²) >= 11 is 15.5. The van der Waals surface area contributed by atoms with E-state index in [0.29, 0.717) is 33.4 Å². The molecule has 22 heavy (non-hydrogen) atoms. The number of fused-ring (bicyclic) bond motifs is 1. The van der Waals surface area contributed by atoms with Gasteiger partial charge in [-0.25, -0.2) is 0 Å². The van der Waals surface area contributed by atoms with Crippen LogP contribution in [0.5, 0.6) is 0 Å². The fourth-order valence-corrected chi connectivity index (χ4v) is 3.49. The lowest BCUT2D eigenvalue weighted by atomic mass is 9.92. The predicted molar refractivity (Wildman–Crippen MR) is 97.1 cm³/mol. The SMILES string of the molecule is O=c1c(Cl)c(CC2CCN(C(=S)S)CC2)oc2ccccc12. The summed E-state index contributed by atoms with van der Waals surface area (Å²) in [6.45, 7) is 1.78. The Morgan fingerprint density at radius 2 is 2.05 bits per heavy atom. The van der Waals surface area contributed by atoms with Gasteiger partial charge < -0.3 is 9.32 Å². The van der Waals surface area contributed by atoms with Crippen LogP contribution in [-0.2, 0) is 6.42 Å². The molecule has 1 aliphatic rings. The van der Waals surface area contributed by atoms with Gasteiger partial charge in [-0.2, -0.15) is 0 Å². The predicted octanol–water partition coefficient (Wildman–Crippen LogP) is 3.92. The van der Waals surface area contributed by atoms with E-state index in [9.17, 15) is 4.79 Å². The second kappa shape index (κ2) is 6.60. The Balaban J connectivity index is 1.82. The van der Waals surface area contributed by atoms with E-state index in [1.807, 2.05) is 12.1 Å². The molecule has 116 valence electrons. The fraction of sp³-hybridized carbons (Fsp3) is 0.375. The smallest absolute Gasteiger partial charge is 0.211 e. The Morgan fingerprint density at radius 3 is 2.73 bits per heavy atom. The average molecular weight is 354 g/mol. The summed E-state index contributed by atoms with van der Waals surface area (Å²) in [5, 5.41) is 0.748. The van der Waals surface area contributed by atoms with Gasteiger partial charge in [-0.05, 0) is 30.9 Å². The van der Waals surface area contributed by atoms with Crippen LogP contribution in [0.25, 0.3) is 11.0 Å². The van der Waals surface area contributed by atoms with E-state index in [4.69, 9.17) is 28.2 Å². The van der Waals surface area contributed by atoms with Crippen molar-refractivity contribution in [1.82, 2.24) is 4.90 Å². The molecule has 6 heteroatoms. The molecule has 3 rings (SSSR count). The van der Waals surface area contributed by atoms with Crippen LogP contribution >= 0.6 is 36.4 Å². The van der Waals surface area contributed by atoms with Crippen LogP contribution in [0.2, 0.25) is 5.02 Å². The molecule has 1 fully saturated rings. The number of rotatable bonds is 2. The minimum absolute atomic E-state index is 0.146. The molecule has 0 N–H and O–H groups in total. The number of likely N-dealkylation sites (tertiary alicyclic amines) is 1. The van der Waals surface area contributed by atoms with E-state index >= 15 is 0 Å². The number of hydrogen-bond acceptors (Lipinski definition) is 3. The van der Waals surface area contributed by atoms with Crippen LogP contribution in [-0.4, -0.2) is 22.3 Å².